The maximum absolute atomic E-state index is 12.3. The van der Waals surface area contributed by atoms with Gasteiger partial charge in [-0.25, -0.2) is 0 Å². The molecule has 0 spiro atoms. The van der Waals surface area contributed by atoms with Crippen molar-refractivity contribution >= 4 is 11.9 Å². The first-order valence-corrected chi connectivity index (χ1v) is 10.5. The number of aromatic hydroxyl groups is 2. The first kappa shape index (κ1) is 26.4. The van der Waals surface area contributed by atoms with Gasteiger partial charge in [-0.15, -0.1) is 0 Å². The number of rotatable bonds is 13. The normalized spacial score (nSPS) is 12.5. The molecule has 0 unspecified atom stereocenters. The number of ether oxygens (including phenoxy) is 4. The van der Waals surface area contributed by atoms with Crippen LogP contribution >= 0.6 is 0 Å². The number of carboxylic acids is 2. The van der Waals surface area contributed by atoms with Gasteiger partial charge < -0.3 is 39.4 Å². The molecule has 0 aliphatic rings. The first-order valence-electron chi connectivity index (χ1n) is 10.5. The van der Waals surface area contributed by atoms with E-state index in [1.54, 1.807) is 12.1 Å². The van der Waals surface area contributed by atoms with E-state index >= 15 is 0 Å². The average molecular weight is 478 g/mol. The van der Waals surface area contributed by atoms with E-state index in [9.17, 15) is 30.0 Å². The standard InChI is InChI=1S/C24H30O10/c1-31-17-9-13(10-18(32-2)22(17)27)7-15(5-6-21(25)26)16(24(29)30)8-14-11-19(33-3)23(28)20(12-14)34-4/h9-12,15-16,27-28H,5-8H2,1-4H3,(H,25,26)(H,29,30)/t15-,16-/m1/s1. The van der Waals surface area contributed by atoms with Crippen molar-refractivity contribution in [1.29, 1.82) is 0 Å². The third-order valence-corrected chi connectivity index (χ3v) is 5.65. The molecule has 4 N–H and O–H groups in total. The summed E-state index contributed by atoms with van der Waals surface area (Å²) < 4.78 is 20.7. The highest BCUT2D eigenvalue weighted by Gasteiger charge is 2.30. The predicted molar refractivity (Wildman–Crippen MR) is 121 cm³/mol. The fourth-order valence-corrected chi connectivity index (χ4v) is 3.90. The molecule has 186 valence electrons. The third-order valence-electron chi connectivity index (χ3n) is 5.65. The van der Waals surface area contributed by atoms with Gasteiger partial charge in [0, 0.05) is 6.42 Å². The Morgan fingerprint density at radius 1 is 0.735 bits per heavy atom. The van der Waals surface area contributed by atoms with Crippen LogP contribution in [-0.4, -0.2) is 60.8 Å². The molecule has 10 heteroatoms. The largest absolute Gasteiger partial charge is 0.502 e. The topological polar surface area (TPSA) is 152 Å². The van der Waals surface area contributed by atoms with E-state index in [1.807, 2.05) is 0 Å². The molecule has 0 bridgehead atoms. The number of hydrogen-bond acceptors (Lipinski definition) is 8. The lowest BCUT2D eigenvalue weighted by Gasteiger charge is -2.25. The van der Waals surface area contributed by atoms with Crippen molar-refractivity contribution in [2.24, 2.45) is 11.8 Å². The summed E-state index contributed by atoms with van der Waals surface area (Å²) >= 11 is 0. The predicted octanol–water partition coefficient (Wildman–Crippen LogP) is 3.10. The van der Waals surface area contributed by atoms with Gasteiger partial charge in [-0.3, -0.25) is 9.59 Å². The lowest BCUT2D eigenvalue weighted by atomic mass is 9.80. The molecule has 2 aromatic rings. The highest BCUT2D eigenvalue weighted by molar-refractivity contribution is 5.72. The molecule has 0 saturated carbocycles. The Morgan fingerprint density at radius 2 is 1.12 bits per heavy atom. The second-order valence-electron chi connectivity index (χ2n) is 7.74. The number of phenols is 2. The van der Waals surface area contributed by atoms with Gasteiger partial charge in [-0.2, -0.15) is 0 Å². The number of aliphatic carboxylic acids is 2. The van der Waals surface area contributed by atoms with Crippen LogP contribution < -0.4 is 18.9 Å². The van der Waals surface area contributed by atoms with Crippen LogP contribution in [0.1, 0.15) is 24.0 Å². The summed E-state index contributed by atoms with van der Waals surface area (Å²) in [4.78, 5) is 23.6. The fourth-order valence-electron chi connectivity index (χ4n) is 3.90. The fraction of sp³-hybridized carbons (Fsp3) is 0.417. The van der Waals surface area contributed by atoms with Gasteiger partial charge in [0.05, 0.1) is 34.4 Å². The monoisotopic (exact) mass is 478 g/mol. The van der Waals surface area contributed by atoms with Crippen LogP contribution in [0.25, 0.3) is 0 Å². The van der Waals surface area contributed by atoms with Crippen LogP contribution in [-0.2, 0) is 22.4 Å². The van der Waals surface area contributed by atoms with Crippen LogP contribution in [0.5, 0.6) is 34.5 Å². The molecular weight excluding hydrogens is 448 g/mol. The van der Waals surface area contributed by atoms with Crippen LogP contribution in [0.2, 0.25) is 0 Å². The van der Waals surface area contributed by atoms with E-state index in [0.717, 1.165) is 0 Å². The zero-order valence-corrected chi connectivity index (χ0v) is 19.5. The molecule has 0 radical (unpaired) electrons. The minimum Gasteiger partial charge on any atom is -0.502 e. The van der Waals surface area contributed by atoms with Gasteiger partial charge >= 0.3 is 11.9 Å². The highest BCUT2D eigenvalue weighted by atomic mass is 16.5. The van der Waals surface area contributed by atoms with Crippen molar-refractivity contribution in [3.63, 3.8) is 0 Å². The smallest absolute Gasteiger partial charge is 0.307 e. The van der Waals surface area contributed by atoms with Gasteiger partial charge in [0.25, 0.3) is 0 Å². The van der Waals surface area contributed by atoms with Gasteiger partial charge in [0.1, 0.15) is 0 Å². The zero-order valence-electron chi connectivity index (χ0n) is 19.5. The highest BCUT2D eigenvalue weighted by Crippen LogP contribution is 2.40. The molecule has 2 atom stereocenters. The van der Waals surface area contributed by atoms with Gasteiger partial charge in [0.2, 0.25) is 11.5 Å². The molecule has 10 nitrogen and oxygen atoms in total. The number of methoxy groups -OCH3 is 4. The van der Waals surface area contributed by atoms with Crippen molar-refractivity contribution in [1.82, 2.24) is 0 Å². The Bertz CT molecular complexity index is 967. The van der Waals surface area contributed by atoms with Gasteiger partial charge in [-0.1, -0.05) is 0 Å². The number of carbonyl (C=O) groups is 2. The summed E-state index contributed by atoms with van der Waals surface area (Å²) in [5, 5.41) is 39.6. The molecule has 0 saturated heterocycles. The summed E-state index contributed by atoms with van der Waals surface area (Å²) in [6, 6.07) is 6.18. The Kier molecular flexibility index (Phi) is 9.23. The second-order valence-corrected chi connectivity index (χ2v) is 7.74. The molecule has 0 fully saturated rings. The summed E-state index contributed by atoms with van der Waals surface area (Å²) in [7, 11) is 5.50. The van der Waals surface area contributed by atoms with Crippen LogP contribution in [0, 0.1) is 11.8 Å². The third kappa shape index (κ3) is 6.37. The maximum Gasteiger partial charge on any atom is 0.307 e. The van der Waals surface area contributed by atoms with E-state index in [0.29, 0.717) is 11.1 Å². The van der Waals surface area contributed by atoms with Crippen LogP contribution in [0.15, 0.2) is 24.3 Å². The van der Waals surface area contributed by atoms with Gasteiger partial charge in [-0.05, 0) is 60.6 Å². The molecular formula is C24H30O10. The molecule has 2 rings (SSSR count). The lowest BCUT2D eigenvalue weighted by molar-refractivity contribution is -0.145. The molecule has 34 heavy (non-hydrogen) atoms. The summed E-state index contributed by atoms with van der Waals surface area (Å²) in [5.74, 6) is -3.50. The maximum atomic E-state index is 12.3. The number of carboxylic acid groups (broad SMARTS) is 2. The van der Waals surface area contributed by atoms with Crippen molar-refractivity contribution in [3.05, 3.63) is 35.4 Å². The summed E-state index contributed by atoms with van der Waals surface area (Å²) in [6.07, 6.45) is 0.121. The van der Waals surface area contributed by atoms with Crippen molar-refractivity contribution in [2.45, 2.75) is 25.7 Å². The second kappa shape index (κ2) is 11.9. The van der Waals surface area contributed by atoms with E-state index < -0.39 is 23.8 Å². The zero-order chi connectivity index (χ0) is 25.4. The molecule has 2 aromatic carbocycles. The molecule has 0 aliphatic carbocycles. The Labute approximate surface area is 197 Å². The van der Waals surface area contributed by atoms with E-state index in [1.165, 1.54) is 40.6 Å². The van der Waals surface area contributed by atoms with Gasteiger partial charge in [0.15, 0.2) is 23.0 Å². The Hall–Kier alpha value is -3.82. The van der Waals surface area contributed by atoms with Crippen molar-refractivity contribution in [2.75, 3.05) is 28.4 Å². The molecule has 0 aliphatic heterocycles. The van der Waals surface area contributed by atoms with E-state index in [2.05, 4.69) is 0 Å². The van der Waals surface area contributed by atoms with Crippen molar-refractivity contribution in [3.8, 4) is 34.5 Å². The Morgan fingerprint density at radius 3 is 1.44 bits per heavy atom. The number of benzene rings is 2. The number of phenolic OH excluding ortho intramolecular Hbond substituents is 2. The first-order chi connectivity index (χ1) is 16.1. The molecule has 0 heterocycles. The summed E-state index contributed by atoms with van der Waals surface area (Å²) in [5.41, 5.74) is 1.16. The molecule has 0 amide bonds. The average Bonchev–Trinajstić information content (AvgIpc) is 2.81. The minimum absolute atomic E-state index is 0.0406. The molecule has 0 aromatic heterocycles. The quantitative estimate of drug-likeness (QED) is 0.338. The van der Waals surface area contributed by atoms with Crippen molar-refractivity contribution < 1.29 is 49.0 Å². The van der Waals surface area contributed by atoms with E-state index in [4.69, 9.17) is 18.9 Å². The SMILES string of the molecule is COc1cc(C[C@@H](CCC(=O)O)[C@@H](Cc2cc(OC)c(O)c(OC)c2)C(=O)O)cc(OC)c1O. The Balaban J connectivity index is 2.46. The van der Waals surface area contributed by atoms with Crippen LogP contribution in [0.4, 0.5) is 0 Å². The lowest BCUT2D eigenvalue weighted by Crippen LogP contribution is -2.28. The number of hydrogen-bond donors (Lipinski definition) is 4. The van der Waals surface area contributed by atoms with E-state index in [-0.39, 0.29) is 60.2 Å². The minimum atomic E-state index is -1.10. The summed E-state index contributed by atoms with van der Waals surface area (Å²) in [6.45, 7) is 0. The van der Waals surface area contributed by atoms with Crippen LogP contribution in [0.3, 0.4) is 0 Å².